The van der Waals surface area contributed by atoms with Crippen LogP contribution in [0.3, 0.4) is 0 Å². The molecule has 2 aromatic heterocycles. The Bertz CT molecular complexity index is 1980. The number of benzene rings is 5. The second-order valence-electron chi connectivity index (χ2n) is 9.93. The number of aryl methyl sites for hydroxylation is 2. The number of aromatic nitrogens is 2. The van der Waals surface area contributed by atoms with Crippen LogP contribution in [-0.2, 0) is 0 Å². The van der Waals surface area contributed by atoms with Crippen molar-refractivity contribution in [1.29, 1.82) is 0 Å². The van der Waals surface area contributed by atoms with Gasteiger partial charge in [0.2, 0.25) is 0 Å². The average Bonchev–Trinajstić information content (AvgIpc) is 2.99. The lowest BCUT2D eigenvalue weighted by Gasteiger charge is -2.12. The molecule has 0 aliphatic heterocycles. The lowest BCUT2D eigenvalue weighted by atomic mass is 9.95. The molecule has 180 valence electrons. The van der Waals surface area contributed by atoms with Crippen molar-refractivity contribution in [3.05, 3.63) is 133 Å². The van der Waals surface area contributed by atoms with Crippen molar-refractivity contribution in [3.8, 4) is 33.5 Å². The highest BCUT2D eigenvalue weighted by molar-refractivity contribution is 6.07. The van der Waals surface area contributed by atoms with Crippen molar-refractivity contribution in [2.75, 3.05) is 0 Å². The summed E-state index contributed by atoms with van der Waals surface area (Å²) in [6.45, 7) is 4.34. The van der Waals surface area contributed by atoms with Gasteiger partial charge in [-0.25, -0.2) is 4.98 Å². The van der Waals surface area contributed by atoms with Crippen molar-refractivity contribution in [2.45, 2.75) is 13.8 Å². The minimum atomic E-state index is 0.960. The van der Waals surface area contributed by atoms with Crippen LogP contribution < -0.4 is 0 Å². The Morgan fingerprint density at radius 2 is 1.16 bits per heavy atom. The zero-order valence-electron chi connectivity index (χ0n) is 21.4. The lowest BCUT2D eigenvalue weighted by Crippen LogP contribution is -1.94. The van der Waals surface area contributed by atoms with Crippen LogP contribution in [0.4, 0.5) is 0 Å². The molecule has 0 saturated heterocycles. The molecule has 0 amide bonds. The van der Waals surface area contributed by atoms with Crippen LogP contribution in [-0.4, -0.2) is 9.97 Å². The molecule has 2 heteroatoms. The largest absolute Gasteiger partial charge is 0.254 e. The SMILES string of the molecule is Cc1c(C)c2ccc(-c3cccc(-c4ccc(-c5cccc6ccccc56)cc4)c3)nc2c2ncccc12. The molecule has 0 saturated carbocycles. The predicted molar refractivity (Wildman–Crippen MR) is 160 cm³/mol. The zero-order valence-corrected chi connectivity index (χ0v) is 21.4. The van der Waals surface area contributed by atoms with Crippen molar-refractivity contribution in [1.82, 2.24) is 9.97 Å². The first kappa shape index (κ1) is 22.4. The standard InChI is InChI=1S/C36H26N2/c1-23-24(2)31-19-20-34(38-36(31)35-30(23)14-7-21-37-35)29-11-5-10-28(22-29)25-15-17-27(18-16-25)33-13-6-9-26-8-3-4-12-32(26)33/h3-22H,1-2H3. The van der Waals surface area contributed by atoms with Crippen molar-refractivity contribution < 1.29 is 0 Å². The molecule has 2 heterocycles. The fourth-order valence-electron chi connectivity index (χ4n) is 5.58. The summed E-state index contributed by atoms with van der Waals surface area (Å²) in [4.78, 5) is 9.83. The molecule has 0 aliphatic rings. The first-order chi connectivity index (χ1) is 18.7. The van der Waals surface area contributed by atoms with E-state index in [0.717, 1.165) is 27.7 Å². The van der Waals surface area contributed by atoms with Gasteiger partial charge in [-0.1, -0.05) is 97.1 Å². The van der Waals surface area contributed by atoms with Gasteiger partial charge < -0.3 is 0 Å². The lowest BCUT2D eigenvalue weighted by molar-refractivity contribution is 1.33. The van der Waals surface area contributed by atoms with Gasteiger partial charge in [0.25, 0.3) is 0 Å². The summed E-state index contributed by atoms with van der Waals surface area (Å²) in [5, 5.41) is 4.87. The van der Waals surface area contributed by atoms with Gasteiger partial charge in [-0.2, -0.15) is 0 Å². The van der Waals surface area contributed by atoms with Gasteiger partial charge in [0.1, 0.15) is 0 Å². The number of pyridine rings is 2. The third-order valence-electron chi connectivity index (χ3n) is 7.77. The van der Waals surface area contributed by atoms with Gasteiger partial charge in [0.15, 0.2) is 0 Å². The van der Waals surface area contributed by atoms with Crippen molar-refractivity contribution in [2.24, 2.45) is 0 Å². The summed E-state index contributed by atoms with van der Waals surface area (Å²) in [7, 11) is 0. The maximum atomic E-state index is 5.13. The summed E-state index contributed by atoms with van der Waals surface area (Å²) in [5.41, 5.74) is 11.4. The molecule has 0 radical (unpaired) electrons. The maximum absolute atomic E-state index is 5.13. The Balaban J connectivity index is 1.29. The van der Waals surface area contributed by atoms with Gasteiger partial charge in [-0.3, -0.25) is 4.98 Å². The maximum Gasteiger partial charge on any atom is 0.0974 e. The highest BCUT2D eigenvalue weighted by atomic mass is 14.8. The molecule has 0 bridgehead atoms. The Hall–Kier alpha value is -4.82. The number of nitrogens with zero attached hydrogens (tertiary/aromatic N) is 2. The summed E-state index contributed by atoms with van der Waals surface area (Å²) < 4.78 is 0. The van der Waals surface area contributed by atoms with Gasteiger partial charge in [0.05, 0.1) is 16.7 Å². The van der Waals surface area contributed by atoms with E-state index in [-0.39, 0.29) is 0 Å². The smallest absolute Gasteiger partial charge is 0.0974 e. The van der Waals surface area contributed by atoms with Crippen LogP contribution >= 0.6 is 0 Å². The number of rotatable bonds is 3. The Morgan fingerprint density at radius 1 is 0.474 bits per heavy atom. The number of hydrogen-bond acceptors (Lipinski definition) is 2. The third-order valence-corrected chi connectivity index (χ3v) is 7.77. The second kappa shape index (κ2) is 8.93. The Labute approximate surface area is 222 Å². The molecule has 5 aromatic carbocycles. The van der Waals surface area contributed by atoms with Crippen molar-refractivity contribution in [3.63, 3.8) is 0 Å². The molecule has 0 spiro atoms. The Kier molecular flexibility index (Phi) is 5.26. The molecule has 0 unspecified atom stereocenters. The minimum absolute atomic E-state index is 0.960. The molecule has 2 nitrogen and oxygen atoms in total. The average molecular weight is 487 g/mol. The third kappa shape index (κ3) is 3.65. The van der Waals surface area contributed by atoms with E-state index in [2.05, 4.69) is 123 Å². The topological polar surface area (TPSA) is 25.8 Å². The summed E-state index contributed by atoms with van der Waals surface area (Å²) in [5.74, 6) is 0. The second-order valence-corrected chi connectivity index (χ2v) is 9.93. The van der Waals surface area contributed by atoms with Crippen LogP contribution in [0.5, 0.6) is 0 Å². The van der Waals surface area contributed by atoms with E-state index in [4.69, 9.17) is 9.97 Å². The molecule has 0 aliphatic carbocycles. The normalized spacial score (nSPS) is 11.4. The van der Waals surface area contributed by atoms with E-state index in [1.165, 1.54) is 49.5 Å². The molecule has 0 N–H and O–H groups in total. The fraction of sp³-hybridized carbons (Fsp3) is 0.0556. The Morgan fingerprint density at radius 3 is 2.03 bits per heavy atom. The van der Waals surface area contributed by atoms with Crippen LogP contribution in [0.25, 0.3) is 66.1 Å². The number of hydrogen-bond donors (Lipinski definition) is 0. The highest BCUT2D eigenvalue weighted by Crippen LogP contribution is 2.34. The van der Waals surface area contributed by atoms with Gasteiger partial charge >= 0.3 is 0 Å². The first-order valence-electron chi connectivity index (χ1n) is 13.0. The van der Waals surface area contributed by atoms with Gasteiger partial charge in [0, 0.05) is 22.5 Å². The summed E-state index contributed by atoms with van der Waals surface area (Å²) in [6.07, 6.45) is 1.85. The molecule has 7 aromatic rings. The predicted octanol–water partition coefficient (Wildman–Crippen LogP) is 9.55. The van der Waals surface area contributed by atoms with Crippen LogP contribution in [0.2, 0.25) is 0 Å². The zero-order chi connectivity index (χ0) is 25.6. The molecule has 0 atom stereocenters. The van der Waals surface area contributed by atoms with Gasteiger partial charge in [-0.05, 0) is 76.2 Å². The quantitative estimate of drug-likeness (QED) is 0.232. The van der Waals surface area contributed by atoms with Crippen LogP contribution in [0.1, 0.15) is 11.1 Å². The molecule has 38 heavy (non-hydrogen) atoms. The van der Waals surface area contributed by atoms with E-state index < -0.39 is 0 Å². The molecular formula is C36H26N2. The van der Waals surface area contributed by atoms with E-state index in [0.29, 0.717) is 0 Å². The number of fused-ring (bicyclic) bond motifs is 4. The van der Waals surface area contributed by atoms with Gasteiger partial charge in [-0.15, -0.1) is 0 Å². The van der Waals surface area contributed by atoms with Crippen molar-refractivity contribution >= 4 is 32.6 Å². The molecular weight excluding hydrogens is 460 g/mol. The van der Waals surface area contributed by atoms with E-state index in [1.54, 1.807) is 0 Å². The van der Waals surface area contributed by atoms with E-state index in [9.17, 15) is 0 Å². The monoisotopic (exact) mass is 486 g/mol. The minimum Gasteiger partial charge on any atom is -0.254 e. The van der Waals surface area contributed by atoms with Crippen LogP contribution in [0, 0.1) is 13.8 Å². The fourth-order valence-corrected chi connectivity index (χ4v) is 5.58. The molecule has 0 fully saturated rings. The van der Waals surface area contributed by atoms with E-state index >= 15 is 0 Å². The molecule has 7 rings (SSSR count). The highest BCUT2D eigenvalue weighted by Gasteiger charge is 2.12. The first-order valence-corrected chi connectivity index (χ1v) is 13.0. The van der Waals surface area contributed by atoms with Crippen LogP contribution in [0.15, 0.2) is 121 Å². The summed E-state index contributed by atoms with van der Waals surface area (Å²) >= 11 is 0. The van der Waals surface area contributed by atoms with E-state index in [1.807, 2.05) is 12.3 Å². The summed E-state index contributed by atoms with van der Waals surface area (Å²) in [6, 6.07) is 41.1.